The molecule has 0 heterocycles. The molecule has 1 rings (SSSR count). The van der Waals surface area contributed by atoms with Gasteiger partial charge in [0, 0.05) is 6.04 Å². The molecular weight excluding hydrogens is 134 g/mol. The first-order valence-electron chi connectivity index (χ1n) is 4.69. The highest BCUT2D eigenvalue weighted by atomic mass is 14.6. The molecule has 0 spiro atoms. The molecule has 0 bridgehead atoms. The van der Waals surface area contributed by atoms with E-state index in [0.29, 0.717) is 6.04 Å². The van der Waals surface area contributed by atoms with E-state index < -0.39 is 0 Å². The van der Waals surface area contributed by atoms with Gasteiger partial charge in [0.2, 0.25) is 0 Å². The number of nitrogens with two attached hydrogens (primary N) is 1. The van der Waals surface area contributed by atoms with Crippen molar-refractivity contribution in [3.05, 3.63) is 12.7 Å². The van der Waals surface area contributed by atoms with Gasteiger partial charge in [-0.25, -0.2) is 0 Å². The van der Waals surface area contributed by atoms with Crippen molar-refractivity contribution < 1.29 is 0 Å². The van der Waals surface area contributed by atoms with Gasteiger partial charge >= 0.3 is 0 Å². The summed E-state index contributed by atoms with van der Waals surface area (Å²) < 4.78 is 0. The van der Waals surface area contributed by atoms with Gasteiger partial charge in [-0.15, -0.1) is 6.58 Å². The van der Waals surface area contributed by atoms with Gasteiger partial charge in [0.15, 0.2) is 0 Å². The first-order valence-corrected chi connectivity index (χ1v) is 4.69. The van der Waals surface area contributed by atoms with Gasteiger partial charge in [0.05, 0.1) is 0 Å². The van der Waals surface area contributed by atoms with Gasteiger partial charge in [-0.2, -0.15) is 0 Å². The van der Waals surface area contributed by atoms with Crippen LogP contribution >= 0.6 is 0 Å². The zero-order valence-corrected chi connectivity index (χ0v) is 7.26. The summed E-state index contributed by atoms with van der Waals surface area (Å²) in [6.45, 7) is 3.74. The van der Waals surface area contributed by atoms with E-state index in [4.69, 9.17) is 5.73 Å². The maximum atomic E-state index is 5.81. The lowest BCUT2D eigenvalue weighted by Crippen LogP contribution is -2.26. The van der Waals surface area contributed by atoms with E-state index in [1.807, 2.05) is 6.08 Å². The lowest BCUT2D eigenvalue weighted by Gasteiger charge is -2.25. The standard InChI is InChI=1S/C10H19N/c1-2-3-4-9-5-7-10(11)8-6-9/h2,9-10H,1,3-8,11H2. The highest BCUT2D eigenvalue weighted by Gasteiger charge is 2.17. The predicted octanol–water partition coefficient (Wildman–Crippen LogP) is 2.47. The van der Waals surface area contributed by atoms with E-state index in [1.165, 1.54) is 38.5 Å². The largest absolute Gasteiger partial charge is 0.328 e. The zero-order valence-electron chi connectivity index (χ0n) is 7.26. The van der Waals surface area contributed by atoms with E-state index >= 15 is 0 Å². The Balaban J connectivity index is 2.12. The number of rotatable bonds is 3. The molecular formula is C10H19N. The van der Waals surface area contributed by atoms with Crippen molar-refractivity contribution in [1.29, 1.82) is 0 Å². The third kappa shape index (κ3) is 3.06. The molecule has 0 saturated heterocycles. The molecule has 0 aromatic rings. The fourth-order valence-electron chi connectivity index (χ4n) is 1.83. The predicted molar refractivity (Wildman–Crippen MR) is 49.4 cm³/mol. The second kappa shape index (κ2) is 4.55. The summed E-state index contributed by atoms with van der Waals surface area (Å²) in [4.78, 5) is 0. The van der Waals surface area contributed by atoms with Crippen molar-refractivity contribution in [2.45, 2.75) is 44.6 Å². The fraction of sp³-hybridized carbons (Fsp3) is 0.800. The van der Waals surface area contributed by atoms with Gasteiger partial charge in [0.25, 0.3) is 0 Å². The summed E-state index contributed by atoms with van der Waals surface area (Å²) in [5.74, 6) is 0.938. The van der Waals surface area contributed by atoms with Gasteiger partial charge < -0.3 is 5.73 Å². The molecule has 2 N–H and O–H groups in total. The quantitative estimate of drug-likeness (QED) is 0.619. The molecule has 1 saturated carbocycles. The smallest absolute Gasteiger partial charge is 0.00390 e. The van der Waals surface area contributed by atoms with Crippen molar-refractivity contribution in [3.8, 4) is 0 Å². The molecule has 64 valence electrons. The van der Waals surface area contributed by atoms with Crippen LogP contribution in [0.15, 0.2) is 12.7 Å². The molecule has 0 aromatic carbocycles. The second-order valence-corrected chi connectivity index (χ2v) is 3.65. The van der Waals surface area contributed by atoms with Crippen LogP contribution in [0.4, 0.5) is 0 Å². The summed E-state index contributed by atoms with van der Waals surface area (Å²) in [5, 5.41) is 0. The van der Waals surface area contributed by atoms with Crippen molar-refractivity contribution >= 4 is 0 Å². The topological polar surface area (TPSA) is 26.0 Å². The normalized spacial score (nSPS) is 31.7. The van der Waals surface area contributed by atoms with Crippen molar-refractivity contribution in [2.24, 2.45) is 11.7 Å². The second-order valence-electron chi connectivity index (χ2n) is 3.65. The molecule has 0 aliphatic heterocycles. The first-order chi connectivity index (χ1) is 5.33. The minimum atomic E-state index is 0.495. The monoisotopic (exact) mass is 153 g/mol. The third-order valence-corrected chi connectivity index (χ3v) is 2.67. The molecule has 1 aliphatic rings. The molecule has 0 unspecified atom stereocenters. The Hall–Kier alpha value is -0.300. The van der Waals surface area contributed by atoms with E-state index in [0.717, 1.165) is 5.92 Å². The molecule has 1 nitrogen and oxygen atoms in total. The number of hydrogen-bond acceptors (Lipinski definition) is 1. The summed E-state index contributed by atoms with van der Waals surface area (Å²) >= 11 is 0. The molecule has 0 radical (unpaired) electrons. The highest BCUT2D eigenvalue weighted by Crippen LogP contribution is 2.26. The number of allylic oxidation sites excluding steroid dienone is 1. The molecule has 1 heteroatoms. The van der Waals surface area contributed by atoms with Gasteiger partial charge in [-0.05, 0) is 44.4 Å². The molecule has 0 amide bonds. The van der Waals surface area contributed by atoms with Crippen LogP contribution in [0.5, 0.6) is 0 Å². The summed E-state index contributed by atoms with van der Waals surface area (Å²) in [7, 11) is 0. The summed E-state index contributed by atoms with van der Waals surface area (Å²) in [5.41, 5.74) is 5.81. The zero-order chi connectivity index (χ0) is 8.10. The Morgan fingerprint density at radius 1 is 1.27 bits per heavy atom. The van der Waals surface area contributed by atoms with E-state index in [-0.39, 0.29) is 0 Å². The van der Waals surface area contributed by atoms with Gasteiger partial charge in [-0.3, -0.25) is 0 Å². The SMILES string of the molecule is C=CCCC1CCC(N)CC1. The van der Waals surface area contributed by atoms with Crippen LogP contribution in [0, 0.1) is 5.92 Å². The Kier molecular flexibility index (Phi) is 3.64. The third-order valence-electron chi connectivity index (χ3n) is 2.67. The van der Waals surface area contributed by atoms with Gasteiger partial charge in [0.1, 0.15) is 0 Å². The van der Waals surface area contributed by atoms with Crippen molar-refractivity contribution in [3.63, 3.8) is 0 Å². The molecule has 1 fully saturated rings. The molecule has 11 heavy (non-hydrogen) atoms. The summed E-state index contributed by atoms with van der Waals surface area (Å²) in [6.07, 6.45) is 9.69. The first kappa shape index (κ1) is 8.79. The minimum Gasteiger partial charge on any atom is -0.328 e. The number of hydrogen-bond donors (Lipinski definition) is 1. The van der Waals surface area contributed by atoms with E-state index in [2.05, 4.69) is 6.58 Å². The van der Waals surface area contributed by atoms with Crippen LogP contribution in [0.25, 0.3) is 0 Å². The van der Waals surface area contributed by atoms with Crippen LogP contribution < -0.4 is 5.73 Å². The molecule has 0 aromatic heterocycles. The van der Waals surface area contributed by atoms with Gasteiger partial charge in [-0.1, -0.05) is 6.08 Å². The van der Waals surface area contributed by atoms with Crippen LogP contribution in [-0.4, -0.2) is 6.04 Å². The Bertz CT molecular complexity index is 112. The van der Waals surface area contributed by atoms with Crippen LogP contribution in [0.2, 0.25) is 0 Å². The fourth-order valence-corrected chi connectivity index (χ4v) is 1.83. The van der Waals surface area contributed by atoms with E-state index in [1.54, 1.807) is 0 Å². The average molecular weight is 153 g/mol. The Morgan fingerprint density at radius 2 is 1.91 bits per heavy atom. The van der Waals surface area contributed by atoms with Crippen molar-refractivity contribution in [1.82, 2.24) is 0 Å². The van der Waals surface area contributed by atoms with E-state index in [9.17, 15) is 0 Å². The van der Waals surface area contributed by atoms with Crippen LogP contribution in [0.3, 0.4) is 0 Å². The molecule has 0 atom stereocenters. The lowest BCUT2D eigenvalue weighted by atomic mass is 9.84. The maximum Gasteiger partial charge on any atom is 0.00390 e. The molecule has 1 aliphatic carbocycles. The lowest BCUT2D eigenvalue weighted by molar-refractivity contribution is 0.312. The highest BCUT2D eigenvalue weighted by molar-refractivity contribution is 4.76. The summed E-state index contributed by atoms with van der Waals surface area (Å²) in [6, 6.07) is 0.495. The average Bonchev–Trinajstić information content (AvgIpc) is 2.04. The Morgan fingerprint density at radius 3 is 2.45 bits per heavy atom. The van der Waals surface area contributed by atoms with Crippen molar-refractivity contribution in [2.75, 3.05) is 0 Å². The van der Waals surface area contributed by atoms with Crippen LogP contribution in [-0.2, 0) is 0 Å². The van der Waals surface area contributed by atoms with Crippen LogP contribution in [0.1, 0.15) is 38.5 Å². The maximum absolute atomic E-state index is 5.81. The Labute approximate surface area is 69.7 Å². The minimum absolute atomic E-state index is 0.495.